The maximum atomic E-state index is 13.1. The largest absolute Gasteiger partial charge is 0.475 e. The van der Waals surface area contributed by atoms with Gasteiger partial charge in [-0.1, -0.05) is 12.8 Å². The van der Waals surface area contributed by atoms with Crippen LogP contribution in [-0.4, -0.2) is 54.3 Å². The summed E-state index contributed by atoms with van der Waals surface area (Å²) < 4.78 is 35.0. The molecule has 4 aliphatic rings. The zero-order valence-electron chi connectivity index (χ0n) is 15.9. The van der Waals surface area contributed by atoms with Gasteiger partial charge in [0.2, 0.25) is 11.8 Å². The average Bonchev–Trinajstić information content (AvgIpc) is 3.30. The first-order valence-corrected chi connectivity index (χ1v) is 11.5. The maximum absolute atomic E-state index is 13.1. The molecule has 3 heterocycles. The molecule has 0 unspecified atom stereocenters. The summed E-state index contributed by atoms with van der Waals surface area (Å²) in [6, 6.07) is -0.419. The van der Waals surface area contributed by atoms with E-state index in [2.05, 4.69) is 0 Å². The summed E-state index contributed by atoms with van der Waals surface area (Å²) >= 11 is 0. The molecule has 27 heavy (non-hydrogen) atoms. The number of imide groups is 1. The highest BCUT2D eigenvalue weighted by Crippen LogP contribution is 2.54. The number of phosphoric acid groups is 1. The van der Waals surface area contributed by atoms with Gasteiger partial charge < -0.3 is 4.74 Å². The number of fused-ring (bicyclic) bond motifs is 5. The van der Waals surface area contributed by atoms with Crippen LogP contribution in [0.3, 0.4) is 0 Å². The fraction of sp³-hybridized carbons (Fsp3) is 0.889. The molecule has 0 aromatic carbocycles. The van der Waals surface area contributed by atoms with Gasteiger partial charge in [0.25, 0.3) is 0 Å². The van der Waals surface area contributed by atoms with E-state index in [4.69, 9.17) is 18.3 Å². The van der Waals surface area contributed by atoms with Crippen molar-refractivity contribution in [2.75, 3.05) is 13.2 Å². The molecule has 1 aliphatic carbocycles. The lowest BCUT2D eigenvalue weighted by atomic mass is 9.81. The van der Waals surface area contributed by atoms with Crippen LogP contribution in [0.25, 0.3) is 0 Å². The van der Waals surface area contributed by atoms with Crippen molar-refractivity contribution in [3.63, 3.8) is 0 Å². The molecule has 1 saturated carbocycles. The normalized spacial score (nSPS) is 38.7. The van der Waals surface area contributed by atoms with Crippen LogP contribution in [0, 0.1) is 11.8 Å². The number of carbonyl (C=O) groups excluding carboxylic acids is 2. The Morgan fingerprint density at radius 3 is 2.07 bits per heavy atom. The molecule has 8 nitrogen and oxygen atoms in total. The van der Waals surface area contributed by atoms with Crippen LogP contribution >= 0.6 is 7.82 Å². The fourth-order valence-electron chi connectivity index (χ4n) is 5.14. The molecule has 2 bridgehead atoms. The lowest BCUT2D eigenvalue weighted by molar-refractivity contribution is -0.149. The summed E-state index contributed by atoms with van der Waals surface area (Å²) in [6.45, 7) is 3.83. The van der Waals surface area contributed by atoms with Crippen LogP contribution in [-0.2, 0) is 32.5 Å². The Hall–Kier alpha value is -0.790. The van der Waals surface area contributed by atoms with Crippen LogP contribution in [0.1, 0.15) is 52.4 Å². The standard InChI is InChI=1S/C18H28NO7P/c1-3-23-27(22,24-4-2)26-12-8-6-5-7-11(12)19-17(20)15-13-9-10-14(25-13)16(15)18(19)21/h11-16H,3-10H2,1-2H3/t11-,12-,13-,14+,15-,16+/m0/s1. The van der Waals surface area contributed by atoms with E-state index in [-0.39, 0.29) is 49.1 Å². The van der Waals surface area contributed by atoms with Crippen LogP contribution < -0.4 is 0 Å². The highest BCUT2D eigenvalue weighted by atomic mass is 31.2. The number of likely N-dealkylation sites (tertiary alicyclic amines) is 1. The smallest absolute Gasteiger partial charge is 0.373 e. The van der Waals surface area contributed by atoms with Gasteiger partial charge in [-0.2, -0.15) is 0 Å². The third-order valence-electron chi connectivity index (χ3n) is 6.16. The number of nitrogens with zero attached hydrogens (tertiary/aromatic N) is 1. The first-order valence-electron chi connectivity index (χ1n) is 10.1. The first kappa shape index (κ1) is 19.5. The molecule has 0 aromatic heterocycles. The van der Waals surface area contributed by atoms with Gasteiger partial charge >= 0.3 is 7.82 Å². The van der Waals surface area contributed by atoms with Gasteiger partial charge in [0.1, 0.15) is 0 Å². The zero-order chi connectivity index (χ0) is 19.2. The summed E-state index contributed by atoms with van der Waals surface area (Å²) in [5.74, 6) is -1.02. The van der Waals surface area contributed by atoms with Gasteiger partial charge in [0, 0.05) is 0 Å². The highest BCUT2D eigenvalue weighted by Gasteiger charge is 2.64. The Bertz CT molecular complexity index is 618. The maximum Gasteiger partial charge on any atom is 0.475 e. The molecule has 0 aromatic rings. The van der Waals surface area contributed by atoms with Crippen LogP contribution in [0.2, 0.25) is 0 Å². The Morgan fingerprint density at radius 2 is 1.52 bits per heavy atom. The Morgan fingerprint density at radius 1 is 0.963 bits per heavy atom. The minimum Gasteiger partial charge on any atom is -0.373 e. The van der Waals surface area contributed by atoms with Crippen molar-refractivity contribution in [1.82, 2.24) is 4.90 Å². The van der Waals surface area contributed by atoms with Gasteiger partial charge in [-0.05, 0) is 39.5 Å². The lowest BCUT2D eigenvalue weighted by Crippen LogP contribution is -2.50. The Kier molecular flexibility index (Phi) is 5.47. The van der Waals surface area contributed by atoms with Crippen molar-refractivity contribution in [2.45, 2.75) is 76.7 Å². The molecule has 2 amide bonds. The van der Waals surface area contributed by atoms with Crippen molar-refractivity contribution in [3.8, 4) is 0 Å². The summed E-state index contributed by atoms with van der Waals surface area (Å²) in [5.41, 5.74) is 0. The van der Waals surface area contributed by atoms with Crippen LogP contribution in [0.15, 0.2) is 0 Å². The molecule has 3 aliphatic heterocycles. The molecule has 0 N–H and O–H groups in total. The van der Waals surface area contributed by atoms with E-state index in [1.54, 1.807) is 13.8 Å². The van der Waals surface area contributed by atoms with Gasteiger partial charge in [0.05, 0.1) is 49.4 Å². The number of rotatable bonds is 7. The molecule has 4 fully saturated rings. The molecular weight excluding hydrogens is 373 g/mol. The van der Waals surface area contributed by atoms with Crippen LogP contribution in [0.5, 0.6) is 0 Å². The van der Waals surface area contributed by atoms with E-state index < -0.39 is 20.0 Å². The zero-order valence-corrected chi connectivity index (χ0v) is 16.8. The van der Waals surface area contributed by atoms with Crippen molar-refractivity contribution in [1.29, 1.82) is 0 Å². The predicted molar refractivity (Wildman–Crippen MR) is 94.7 cm³/mol. The van der Waals surface area contributed by atoms with Crippen molar-refractivity contribution in [2.24, 2.45) is 11.8 Å². The molecule has 6 atom stereocenters. The van der Waals surface area contributed by atoms with Gasteiger partial charge in [0.15, 0.2) is 0 Å². The molecule has 3 saturated heterocycles. The van der Waals surface area contributed by atoms with Gasteiger partial charge in [-0.25, -0.2) is 4.57 Å². The molecule has 9 heteroatoms. The van der Waals surface area contributed by atoms with E-state index in [1.165, 1.54) is 4.90 Å². The molecule has 4 rings (SSSR count). The van der Waals surface area contributed by atoms with Crippen molar-refractivity contribution in [3.05, 3.63) is 0 Å². The lowest BCUT2D eigenvalue weighted by Gasteiger charge is -2.38. The highest BCUT2D eigenvalue weighted by molar-refractivity contribution is 7.48. The van der Waals surface area contributed by atoms with E-state index in [1.807, 2.05) is 0 Å². The fourth-order valence-corrected chi connectivity index (χ4v) is 6.54. The molecule has 152 valence electrons. The number of amides is 2. The number of hydrogen-bond donors (Lipinski definition) is 0. The second-order valence-corrected chi connectivity index (χ2v) is 9.29. The molecular formula is C18H28NO7P. The quantitative estimate of drug-likeness (QED) is 0.478. The Balaban J connectivity index is 1.55. The topological polar surface area (TPSA) is 91.4 Å². The third kappa shape index (κ3) is 3.29. The third-order valence-corrected chi connectivity index (χ3v) is 7.83. The van der Waals surface area contributed by atoms with Gasteiger partial charge in [-0.3, -0.25) is 28.1 Å². The monoisotopic (exact) mass is 401 g/mol. The Labute approximate surface area is 159 Å². The van der Waals surface area contributed by atoms with Crippen molar-refractivity contribution < 1.29 is 32.5 Å². The summed E-state index contributed by atoms with van der Waals surface area (Å²) in [7, 11) is -3.71. The number of ether oxygens (including phenoxy) is 1. The molecule has 0 radical (unpaired) electrons. The molecule has 0 spiro atoms. The number of phosphoric ester groups is 1. The number of hydrogen-bond acceptors (Lipinski definition) is 7. The average molecular weight is 401 g/mol. The van der Waals surface area contributed by atoms with Crippen LogP contribution in [0.4, 0.5) is 0 Å². The van der Waals surface area contributed by atoms with Gasteiger partial charge in [-0.15, -0.1) is 0 Å². The van der Waals surface area contributed by atoms with Crippen molar-refractivity contribution >= 4 is 19.6 Å². The van der Waals surface area contributed by atoms with E-state index in [0.717, 1.165) is 25.7 Å². The number of carbonyl (C=O) groups is 2. The second kappa shape index (κ2) is 7.56. The second-order valence-electron chi connectivity index (χ2n) is 7.67. The summed E-state index contributed by atoms with van der Waals surface area (Å²) in [5, 5.41) is 0. The SMILES string of the molecule is CCOP(=O)(OCC)O[C@H]1CCCC[C@@H]1N1C(=O)[C@@H]2[C@H](C1=O)[C@H]1CC[C@@H]2O1. The summed E-state index contributed by atoms with van der Waals surface area (Å²) in [4.78, 5) is 27.6. The minimum atomic E-state index is -3.71. The summed E-state index contributed by atoms with van der Waals surface area (Å²) in [6.07, 6.45) is 3.92. The first-order chi connectivity index (χ1) is 13.0. The van der Waals surface area contributed by atoms with E-state index >= 15 is 0 Å². The minimum absolute atomic E-state index is 0.137. The predicted octanol–water partition coefficient (Wildman–Crippen LogP) is 2.66. The van der Waals surface area contributed by atoms with E-state index in [0.29, 0.717) is 12.8 Å². The van der Waals surface area contributed by atoms with E-state index in [9.17, 15) is 14.2 Å².